The van der Waals surface area contributed by atoms with Crippen molar-refractivity contribution in [2.24, 2.45) is 5.41 Å². The Bertz CT molecular complexity index is 539. The summed E-state index contributed by atoms with van der Waals surface area (Å²) in [6.45, 7) is 3.31. The number of amides is 1. The molecule has 0 aliphatic rings. The van der Waals surface area contributed by atoms with Gasteiger partial charge in [-0.25, -0.2) is 0 Å². The van der Waals surface area contributed by atoms with Gasteiger partial charge in [0.05, 0.1) is 10.3 Å². The number of carbonyl (C=O) groups is 2. The fourth-order valence-electron chi connectivity index (χ4n) is 1.46. The highest BCUT2D eigenvalue weighted by Crippen LogP contribution is 2.19. The number of non-ortho nitro benzene ring substituents is 1. The molecule has 1 aromatic rings. The molecule has 1 aromatic carbocycles. The summed E-state index contributed by atoms with van der Waals surface area (Å²) < 4.78 is 0. The van der Waals surface area contributed by atoms with E-state index in [4.69, 9.17) is 5.11 Å². The smallest absolute Gasteiger partial charge is 0.309 e. The van der Waals surface area contributed by atoms with Crippen LogP contribution < -0.4 is 5.32 Å². The van der Waals surface area contributed by atoms with Gasteiger partial charge in [-0.2, -0.15) is 0 Å². The fourth-order valence-corrected chi connectivity index (χ4v) is 1.46. The Morgan fingerprint density at radius 3 is 2.60 bits per heavy atom. The molecular formula is C13H16N2O5. The van der Waals surface area contributed by atoms with E-state index in [-0.39, 0.29) is 24.2 Å². The number of nitrogens with zero attached hydrogens (tertiary/aromatic N) is 1. The normalized spacial score (nSPS) is 10.9. The Balaban J connectivity index is 2.62. The van der Waals surface area contributed by atoms with E-state index >= 15 is 0 Å². The van der Waals surface area contributed by atoms with Crippen LogP contribution in [0.5, 0.6) is 0 Å². The maximum Gasteiger partial charge on any atom is 0.309 e. The molecule has 7 heteroatoms. The highest BCUT2D eigenvalue weighted by Gasteiger charge is 2.26. The van der Waals surface area contributed by atoms with Gasteiger partial charge in [-0.15, -0.1) is 0 Å². The zero-order valence-electron chi connectivity index (χ0n) is 11.3. The Kier molecular flexibility index (Phi) is 4.79. The van der Waals surface area contributed by atoms with Crippen LogP contribution in [0.3, 0.4) is 0 Å². The lowest BCUT2D eigenvalue weighted by Crippen LogP contribution is -2.31. The maximum atomic E-state index is 11.8. The number of hydrogen-bond acceptors (Lipinski definition) is 4. The number of nitrogens with one attached hydrogen (secondary N) is 1. The first-order valence-corrected chi connectivity index (χ1v) is 6.00. The number of carbonyl (C=O) groups excluding carboxylic acids is 1. The number of carboxylic acid groups (broad SMARTS) is 1. The number of rotatable bonds is 6. The molecule has 0 radical (unpaired) electrons. The minimum absolute atomic E-state index is 0.163. The van der Waals surface area contributed by atoms with Gasteiger partial charge in [0.15, 0.2) is 0 Å². The molecule has 108 valence electrons. The lowest BCUT2D eigenvalue weighted by molar-refractivity contribution is -0.384. The summed E-state index contributed by atoms with van der Waals surface area (Å²) in [5.74, 6) is -1.41. The summed E-state index contributed by atoms with van der Waals surface area (Å²) in [7, 11) is 0. The SMILES string of the molecule is CC(C)(CCNC(=O)c1cccc([N+](=O)[O-])c1)C(=O)O. The first kappa shape index (κ1) is 15.6. The van der Waals surface area contributed by atoms with Crippen molar-refractivity contribution in [2.45, 2.75) is 20.3 Å². The molecule has 0 saturated carbocycles. The number of hydrogen-bond donors (Lipinski definition) is 2. The van der Waals surface area contributed by atoms with E-state index in [1.807, 2.05) is 0 Å². The van der Waals surface area contributed by atoms with E-state index in [1.165, 1.54) is 24.3 Å². The van der Waals surface area contributed by atoms with E-state index in [1.54, 1.807) is 13.8 Å². The van der Waals surface area contributed by atoms with Crippen molar-refractivity contribution >= 4 is 17.6 Å². The van der Waals surface area contributed by atoms with Crippen LogP contribution in [0.4, 0.5) is 5.69 Å². The third-order valence-corrected chi connectivity index (χ3v) is 2.93. The Morgan fingerprint density at radius 2 is 2.05 bits per heavy atom. The van der Waals surface area contributed by atoms with E-state index in [0.717, 1.165) is 0 Å². The van der Waals surface area contributed by atoms with E-state index in [0.29, 0.717) is 0 Å². The molecular weight excluding hydrogens is 264 g/mol. The van der Waals surface area contributed by atoms with E-state index in [2.05, 4.69) is 5.32 Å². The Morgan fingerprint density at radius 1 is 1.40 bits per heavy atom. The standard InChI is InChI=1S/C13H16N2O5/c1-13(2,12(17)18)6-7-14-11(16)9-4-3-5-10(8-9)15(19)20/h3-5,8H,6-7H2,1-2H3,(H,14,16)(H,17,18). The van der Waals surface area contributed by atoms with Gasteiger partial charge >= 0.3 is 5.97 Å². The molecule has 0 unspecified atom stereocenters. The molecule has 0 heterocycles. The summed E-state index contributed by atoms with van der Waals surface area (Å²) in [5, 5.41) is 22.1. The quantitative estimate of drug-likeness (QED) is 0.610. The number of nitro benzene ring substituents is 1. The zero-order chi connectivity index (χ0) is 15.3. The van der Waals surface area contributed by atoms with Crippen molar-refractivity contribution in [3.05, 3.63) is 39.9 Å². The summed E-state index contributed by atoms with van der Waals surface area (Å²) >= 11 is 0. The number of benzene rings is 1. The first-order chi connectivity index (χ1) is 9.24. The molecule has 1 rings (SSSR count). The molecule has 20 heavy (non-hydrogen) atoms. The van der Waals surface area contributed by atoms with Crippen molar-refractivity contribution in [3.8, 4) is 0 Å². The molecule has 0 spiro atoms. The first-order valence-electron chi connectivity index (χ1n) is 6.00. The molecule has 1 amide bonds. The molecule has 0 bridgehead atoms. The van der Waals surface area contributed by atoms with Gasteiger partial charge in [-0.3, -0.25) is 19.7 Å². The van der Waals surface area contributed by atoms with Gasteiger partial charge in [0.2, 0.25) is 0 Å². The molecule has 0 aliphatic heterocycles. The van der Waals surface area contributed by atoms with Crippen molar-refractivity contribution < 1.29 is 19.6 Å². The molecule has 0 saturated heterocycles. The second-order valence-electron chi connectivity index (χ2n) is 5.00. The van der Waals surface area contributed by atoms with Crippen LogP contribution >= 0.6 is 0 Å². The molecule has 0 aliphatic carbocycles. The summed E-state index contributed by atoms with van der Waals surface area (Å²) in [6, 6.07) is 5.36. The van der Waals surface area contributed by atoms with Crippen molar-refractivity contribution in [3.63, 3.8) is 0 Å². The van der Waals surface area contributed by atoms with Gasteiger partial charge < -0.3 is 10.4 Å². The topological polar surface area (TPSA) is 110 Å². The summed E-state index contributed by atoms with van der Waals surface area (Å²) in [4.78, 5) is 32.7. The lowest BCUT2D eigenvalue weighted by Gasteiger charge is -2.18. The minimum atomic E-state index is -0.943. The maximum absolute atomic E-state index is 11.8. The molecule has 7 nitrogen and oxygen atoms in total. The van der Waals surface area contributed by atoms with Gasteiger partial charge in [-0.05, 0) is 26.3 Å². The average Bonchev–Trinajstić information content (AvgIpc) is 2.38. The number of carboxylic acids is 1. The largest absolute Gasteiger partial charge is 0.481 e. The van der Waals surface area contributed by atoms with Crippen LogP contribution in [0.15, 0.2) is 24.3 Å². The highest BCUT2D eigenvalue weighted by molar-refractivity contribution is 5.94. The van der Waals surface area contributed by atoms with Crippen LogP contribution in [0.25, 0.3) is 0 Å². The minimum Gasteiger partial charge on any atom is -0.481 e. The predicted octanol–water partition coefficient (Wildman–Crippen LogP) is 1.83. The van der Waals surface area contributed by atoms with Crippen molar-refractivity contribution in [1.29, 1.82) is 0 Å². The van der Waals surface area contributed by atoms with Crippen LogP contribution in [-0.2, 0) is 4.79 Å². The van der Waals surface area contributed by atoms with Crippen LogP contribution in [0.1, 0.15) is 30.6 Å². The number of aliphatic carboxylic acids is 1. The fraction of sp³-hybridized carbons (Fsp3) is 0.385. The van der Waals surface area contributed by atoms with Crippen LogP contribution in [0, 0.1) is 15.5 Å². The van der Waals surface area contributed by atoms with Gasteiger partial charge in [0.1, 0.15) is 0 Å². The van der Waals surface area contributed by atoms with E-state index in [9.17, 15) is 19.7 Å². The molecule has 0 aromatic heterocycles. The van der Waals surface area contributed by atoms with Crippen LogP contribution in [-0.4, -0.2) is 28.5 Å². The Labute approximate surface area is 115 Å². The lowest BCUT2D eigenvalue weighted by atomic mass is 9.90. The van der Waals surface area contributed by atoms with Crippen molar-refractivity contribution in [1.82, 2.24) is 5.32 Å². The third kappa shape index (κ3) is 4.04. The Hall–Kier alpha value is -2.44. The zero-order valence-corrected chi connectivity index (χ0v) is 11.3. The second kappa shape index (κ2) is 6.14. The predicted molar refractivity (Wildman–Crippen MR) is 71.5 cm³/mol. The monoisotopic (exact) mass is 280 g/mol. The van der Waals surface area contributed by atoms with Crippen molar-refractivity contribution in [2.75, 3.05) is 6.54 Å². The van der Waals surface area contributed by atoms with Gasteiger partial charge in [0, 0.05) is 24.2 Å². The van der Waals surface area contributed by atoms with Gasteiger partial charge in [0.25, 0.3) is 11.6 Å². The summed E-state index contributed by atoms with van der Waals surface area (Å²) in [5.41, 5.74) is -0.925. The number of nitro groups is 1. The summed E-state index contributed by atoms with van der Waals surface area (Å²) in [6.07, 6.45) is 0.267. The molecule has 2 N–H and O–H groups in total. The molecule has 0 fully saturated rings. The van der Waals surface area contributed by atoms with Crippen LogP contribution in [0.2, 0.25) is 0 Å². The second-order valence-corrected chi connectivity index (χ2v) is 5.00. The third-order valence-electron chi connectivity index (χ3n) is 2.93. The molecule has 0 atom stereocenters. The highest BCUT2D eigenvalue weighted by atomic mass is 16.6. The van der Waals surface area contributed by atoms with Gasteiger partial charge in [-0.1, -0.05) is 6.07 Å². The average molecular weight is 280 g/mol. The van der Waals surface area contributed by atoms with E-state index < -0.39 is 22.2 Å².